The number of hydrogen-bond acceptors (Lipinski definition) is 3. The van der Waals surface area contributed by atoms with E-state index in [1.54, 1.807) is 0 Å². The average molecular weight is 392 g/mol. The molecule has 156 valence electrons. The molecule has 2 unspecified atom stereocenters. The molecule has 2 atom stereocenters. The number of halogens is 1. The van der Waals surface area contributed by atoms with Crippen LogP contribution in [-0.2, 0) is 9.47 Å². The van der Waals surface area contributed by atoms with Crippen LogP contribution in [0, 0.1) is 11.2 Å². The van der Waals surface area contributed by atoms with Crippen molar-refractivity contribution < 1.29 is 13.9 Å². The van der Waals surface area contributed by atoms with Crippen LogP contribution in [0.15, 0.2) is 29.3 Å². The minimum absolute atomic E-state index is 0.0824. The Labute approximate surface area is 168 Å². The molecule has 6 heteroatoms. The zero-order chi connectivity index (χ0) is 20.0. The van der Waals surface area contributed by atoms with E-state index in [9.17, 15) is 4.39 Å². The van der Waals surface area contributed by atoms with Gasteiger partial charge in [-0.2, -0.15) is 0 Å². The Balaban J connectivity index is 1.67. The summed E-state index contributed by atoms with van der Waals surface area (Å²) in [6.45, 7) is 11.0. The van der Waals surface area contributed by atoms with Gasteiger partial charge in [-0.05, 0) is 63.1 Å². The molecule has 3 rings (SSSR count). The van der Waals surface area contributed by atoms with Crippen LogP contribution < -0.4 is 5.32 Å². The molecule has 0 aromatic heterocycles. The van der Waals surface area contributed by atoms with Crippen LogP contribution in [0.5, 0.6) is 0 Å². The van der Waals surface area contributed by atoms with Gasteiger partial charge in [0.15, 0.2) is 5.96 Å². The molecule has 1 N–H and O–H groups in total. The quantitative estimate of drug-likeness (QED) is 0.416. The van der Waals surface area contributed by atoms with Gasteiger partial charge in [0.1, 0.15) is 11.9 Å². The van der Waals surface area contributed by atoms with Gasteiger partial charge >= 0.3 is 0 Å². The maximum absolute atomic E-state index is 13.3. The Morgan fingerprint density at radius 1 is 1.29 bits per heavy atom. The van der Waals surface area contributed by atoms with E-state index in [0.29, 0.717) is 12.0 Å². The molecule has 0 amide bonds. The van der Waals surface area contributed by atoms with Gasteiger partial charge in [0.05, 0.1) is 12.6 Å². The highest BCUT2D eigenvalue weighted by atomic mass is 19.1. The van der Waals surface area contributed by atoms with E-state index >= 15 is 0 Å². The van der Waals surface area contributed by atoms with Crippen molar-refractivity contribution in [2.24, 2.45) is 10.4 Å². The van der Waals surface area contributed by atoms with E-state index < -0.39 is 0 Å². The van der Waals surface area contributed by atoms with Gasteiger partial charge in [0.25, 0.3) is 0 Å². The topological polar surface area (TPSA) is 46.1 Å². The van der Waals surface area contributed by atoms with E-state index in [4.69, 9.17) is 14.5 Å². The first-order valence-corrected chi connectivity index (χ1v) is 10.6. The minimum atomic E-state index is -0.221. The smallest absolute Gasteiger partial charge is 0.194 e. The zero-order valence-corrected chi connectivity index (χ0v) is 17.4. The molecule has 0 bridgehead atoms. The number of benzene rings is 1. The summed E-state index contributed by atoms with van der Waals surface area (Å²) in [4.78, 5) is 7.27. The Hall–Kier alpha value is -1.66. The largest absolute Gasteiger partial charge is 0.382 e. The molecule has 1 aliphatic carbocycles. The van der Waals surface area contributed by atoms with E-state index in [1.807, 2.05) is 19.1 Å². The highest BCUT2D eigenvalue weighted by molar-refractivity contribution is 5.80. The molecule has 28 heavy (non-hydrogen) atoms. The van der Waals surface area contributed by atoms with E-state index in [1.165, 1.54) is 25.0 Å². The van der Waals surface area contributed by atoms with Crippen molar-refractivity contribution in [1.29, 1.82) is 0 Å². The molecule has 1 aromatic rings. The third kappa shape index (κ3) is 5.67. The first-order valence-electron chi connectivity index (χ1n) is 10.6. The Morgan fingerprint density at radius 3 is 2.68 bits per heavy atom. The molecule has 1 aliphatic heterocycles. The number of nitrogens with zero attached hydrogens (tertiary/aromatic N) is 2. The van der Waals surface area contributed by atoms with Crippen molar-refractivity contribution in [2.45, 2.75) is 52.2 Å². The fourth-order valence-electron chi connectivity index (χ4n) is 3.75. The lowest BCUT2D eigenvalue weighted by atomic mass is 10.0. The summed E-state index contributed by atoms with van der Waals surface area (Å²) in [7, 11) is 0. The van der Waals surface area contributed by atoms with Crippen LogP contribution >= 0.6 is 0 Å². The van der Waals surface area contributed by atoms with E-state index in [0.717, 1.165) is 50.8 Å². The monoisotopic (exact) mass is 391 g/mol. The van der Waals surface area contributed by atoms with Gasteiger partial charge in [-0.3, -0.25) is 4.99 Å². The molecular weight excluding hydrogens is 357 g/mol. The van der Waals surface area contributed by atoms with Crippen LogP contribution in [-0.4, -0.2) is 56.4 Å². The van der Waals surface area contributed by atoms with Crippen molar-refractivity contribution in [3.63, 3.8) is 0 Å². The fraction of sp³-hybridized carbons (Fsp3) is 0.682. The van der Waals surface area contributed by atoms with Crippen LogP contribution in [0.3, 0.4) is 0 Å². The standard InChI is InChI=1S/C22H34FN3O2/c1-4-24-21(25-16-22(10-11-22)12-13-27-5-2)26-14-17(3)28-20(15-26)18-6-8-19(23)9-7-18/h6-9,17,20H,4-5,10-16H2,1-3H3,(H,24,25). The number of guanidine groups is 1. The summed E-state index contributed by atoms with van der Waals surface area (Å²) >= 11 is 0. The van der Waals surface area contributed by atoms with Gasteiger partial charge < -0.3 is 19.7 Å². The third-order valence-corrected chi connectivity index (χ3v) is 5.64. The van der Waals surface area contributed by atoms with Crippen molar-refractivity contribution in [2.75, 3.05) is 39.4 Å². The predicted octanol–water partition coefficient (Wildman–Crippen LogP) is 3.76. The lowest BCUT2D eigenvalue weighted by Gasteiger charge is -2.39. The SMILES string of the molecule is CCNC(=NCC1(CCOCC)CC1)N1CC(C)OC(c2ccc(F)cc2)C1. The normalized spacial score (nSPS) is 24.3. The summed E-state index contributed by atoms with van der Waals surface area (Å²) in [5.74, 6) is 0.730. The molecule has 5 nitrogen and oxygen atoms in total. The van der Waals surface area contributed by atoms with Crippen LogP contribution in [0.4, 0.5) is 4.39 Å². The van der Waals surface area contributed by atoms with Crippen LogP contribution in [0.1, 0.15) is 51.7 Å². The van der Waals surface area contributed by atoms with Crippen molar-refractivity contribution in [3.05, 3.63) is 35.6 Å². The van der Waals surface area contributed by atoms with Crippen LogP contribution in [0.2, 0.25) is 0 Å². The molecular formula is C22H34FN3O2. The number of nitrogens with one attached hydrogen (secondary N) is 1. The van der Waals surface area contributed by atoms with Crippen molar-refractivity contribution >= 4 is 5.96 Å². The minimum Gasteiger partial charge on any atom is -0.382 e. The summed E-state index contributed by atoms with van der Waals surface area (Å²) in [5.41, 5.74) is 1.33. The van der Waals surface area contributed by atoms with Crippen molar-refractivity contribution in [3.8, 4) is 0 Å². The number of morpholine rings is 1. The Morgan fingerprint density at radius 2 is 2.04 bits per heavy atom. The van der Waals surface area contributed by atoms with Crippen LogP contribution in [0.25, 0.3) is 0 Å². The first-order chi connectivity index (χ1) is 13.5. The molecule has 1 saturated heterocycles. The summed E-state index contributed by atoms with van der Waals surface area (Å²) < 4.78 is 25.0. The molecule has 2 fully saturated rings. The Kier molecular flexibility index (Phi) is 7.30. The highest BCUT2D eigenvalue weighted by Gasteiger charge is 2.42. The summed E-state index contributed by atoms with van der Waals surface area (Å²) in [5, 5.41) is 3.45. The summed E-state index contributed by atoms with van der Waals surface area (Å²) in [6, 6.07) is 6.62. The molecule has 2 aliphatic rings. The van der Waals surface area contributed by atoms with E-state index in [2.05, 4.69) is 24.1 Å². The third-order valence-electron chi connectivity index (χ3n) is 5.64. The second-order valence-electron chi connectivity index (χ2n) is 8.01. The second-order valence-corrected chi connectivity index (χ2v) is 8.01. The second kappa shape index (κ2) is 9.70. The van der Waals surface area contributed by atoms with Gasteiger partial charge in [0, 0.05) is 32.8 Å². The number of ether oxygens (including phenoxy) is 2. The molecule has 0 spiro atoms. The lowest BCUT2D eigenvalue weighted by molar-refractivity contribution is -0.0605. The van der Waals surface area contributed by atoms with Gasteiger partial charge in [0.2, 0.25) is 0 Å². The van der Waals surface area contributed by atoms with E-state index in [-0.39, 0.29) is 18.0 Å². The zero-order valence-electron chi connectivity index (χ0n) is 17.4. The lowest BCUT2D eigenvalue weighted by Crippen LogP contribution is -2.51. The molecule has 1 heterocycles. The number of aliphatic imine (C=N–C) groups is 1. The molecule has 1 aromatic carbocycles. The maximum Gasteiger partial charge on any atom is 0.194 e. The number of rotatable bonds is 8. The highest BCUT2D eigenvalue weighted by Crippen LogP contribution is 2.49. The fourth-order valence-corrected chi connectivity index (χ4v) is 3.75. The maximum atomic E-state index is 13.3. The Bertz CT molecular complexity index is 646. The average Bonchev–Trinajstić information content (AvgIpc) is 3.45. The predicted molar refractivity (Wildman–Crippen MR) is 110 cm³/mol. The first kappa shape index (κ1) is 21.1. The number of hydrogen-bond donors (Lipinski definition) is 1. The van der Waals surface area contributed by atoms with Gasteiger partial charge in [-0.1, -0.05) is 12.1 Å². The summed E-state index contributed by atoms with van der Waals surface area (Å²) in [6.07, 6.45) is 3.56. The molecule has 0 radical (unpaired) electrons. The van der Waals surface area contributed by atoms with Gasteiger partial charge in [-0.15, -0.1) is 0 Å². The molecule has 1 saturated carbocycles. The van der Waals surface area contributed by atoms with Crippen molar-refractivity contribution in [1.82, 2.24) is 10.2 Å². The van der Waals surface area contributed by atoms with Gasteiger partial charge in [-0.25, -0.2) is 4.39 Å².